The van der Waals surface area contributed by atoms with Crippen LogP contribution in [0, 0.1) is 5.92 Å². The maximum absolute atomic E-state index is 10.1. The molecule has 0 unspecified atom stereocenters. The van der Waals surface area contributed by atoms with Gasteiger partial charge in [0.05, 0.1) is 0 Å². The van der Waals surface area contributed by atoms with E-state index < -0.39 is 0 Å². The third-order valence-corrected chi connectivity index (χ3v) is 1.49. The van der Waals surface area contributed by atoms with Crippen LogP contribution in [0.4, 0.5) is 0 Å². The molecule has 0 fully saturated rings. The normalized spacial score (nSPS) is 10.0. The van der Waals surface area contributed by atoms with Gasteiger partial charge in [0.25, 0.3) is 0 Å². The van der Waals surface area contributed by atoms with Crippen molar-refractivity contribution in [3.63, 3.8) is 0 Å². The van der Waals surface area contributed by atoms with Crippen LogP contribution in [0.5, 0.6) is 0 Å². The first-order chi connectivity index (χ1) is 4.70. The first-order valence-electron chi connectivity index (χ1n) is 3.83. The summed E-state index contributed by atoms with van der Waals surface area (Å²) in [6.07, 6.45) is 2.96. The monoisotopic (exact) mass is 142 g/mol. The third kappa shape index (κ3) is 4.36. The zero-order valence-corrected chi connectivity index (χ0v) is 7.05. The molecule has 0 saturated carbocycles. The standard InChI is InChI=1S/C8H16NO/c1-4-9(7-10)6-5-8(2)3/h8H,4-6H2,1-3H3. The summed E-state index contributed by atoms with van der Waals surface area (Å²) in [5, 5.41) is 0. The molecule has 1 radical (unpaired) electrons. The summed E-state index contributed by atoms with van der Waals surface area (Å²) in [6.45, 7) is 7.89. The van der Waals surface area contributed by atoms with Crippen LogP contribution in [0.15, 0.2) is 0 Å². The predicted octanol–water partition coefficient (Wildman–Crippen LogP) is 1.42. The molecule has 0 aromatic carbocycles. The molecule has 0 aliphatic rings. The minimum atomic E-state index is 0.669. The molecule has 0 aromatic heterocycles. The van der Waals surface area contributed by atoms with E-state index in [-0.39, 0.29) is 0 Å². The molecule has 0 heterocycles. The van der Waals surface area contributed by atoms with Crippen molar-refractivity contribution in [3.8, 4) is 0 Å². The lowest BCUT2D eigenvalue weighted by molar-refractivity contribution is 0.366. The Balaban J connectivity index is 3.34. The van der Waals surface area contributed by atoms with E-state index in [1.807, 2.05) is 13.3 Å². The van der Waals surface area contributed by atoms with Crippen LogP contribution in [-0.2, 0) is 4.79 Å². The smallest absolute Gasteiger partial charge is 0.312 e. The van der Waals surface area contributed by atoms with Crippen molar-refractivity contribution in [1.29, 1.82) is 0 Å². The van der Waals surface area contributed by atoms with Gasteiger partial charge < -0.3 is 4.90 Å². The minimum absolute atomic E-state index is 0.669. The second kappa shape index (κ2) is 5.27. The number of rotatable bonds is 5. The van der Waals surface area contributed by atoms with Gasteiger partial charge in [-0.05, 0) is 19.3 Å². The fraction of sp³-hybridized carbons (Fsp3) is 0.875. The largest absolute Gasteiger partial charge is 0.335 e. The van der Waals surface area contributed by atoms with Crippen molar-refractivity contribution in [3.05, 3.63) is 0 Å². The average Bonchev–Trinajstić information content (AvgIpc) is 1.90. The maximum atomic E-state index is 10.1. The number of hydrogen-bond donors (Lipinski definition) is 0. The first kappa shape index (κ1) is 9.47. The Morgan fingerprint density at radius 3 is 2.40 bits per heavy atom. The number of amides is 1. The molecule has 59 valence electrons. The zero-order valence-electron chi connectivity index (χ0n) is 7.05. The van der Waals surface area contributed by atoms with E-state index in [0.29, 0.717) is 5.92 Å². The lowest BCUT2D eigenvalue weighted by Crippen LogP contribution is -2.23. The molecule has 0 rings (SSSR count). The van der Waals surface area contributed by atoms with Crippen LogP contribution in [0.25, 0.3) is 0 Å². The third-order valence-electron chi connectivity index (χ3n) is 1.49. The summed E-state index contributed by atoms with van der Waals surface area (Å²) < 4.78 is 0. The SMILES string of the molecule is CCN([C]=O)CCC(C)C. The topological polar surface area (TPSA) is 20.3 Å². The van der Waals surface area contributed by atoms with E-state index in [1.54, 1.807) is 4.90 Å². The molecule has 0 spiro atoms. The van der Waals surface area contributed by atoms with Crippen LogP contribution in [-0.4, -0.2) is 24.4 Å². The van der Waals surface area contributed by atoms with Crippen molar-refractivity contribution in [2.75, 3.05) is 13.1 Å². The molecule has 10 heavy (non-hydrogen) atoms. The molecule has 0 N–H and O–H groups in total. The van der Waals surface area contributed by atoms with Crippen molar-refractivity contribution in [1.82, 2.24) is 4.90 Å². The van der Waals surface area contributed by atoms with Crippen LogP contribution < -0.4 is 0 Å². The molecular formula is C8H16NO. The van der Waals surface area contributed by atoms with E-state index in [2.05, 4.69) is 13.8 Å². The Morgan fingerprint density at radius 2 is 2.10 bits per heavy atom. The Morgan fingerprint density at radius 1 is 1.50 bits per heavy atom. The quantitative estimate of drug-likeness (QED) is 0.532. The molecule has 0 aliphatic heterocycles. The van der Waals surface area contributed by atoms with Gasteiger partial charge in [-0.3, -0.25) is 4.79 Å². The number of hydrogen-bond acceptors (Lipinski definition) is 1. The molecule has 2 nitrogen and oxygen atoms in total. The molecule has 0 atom stereocenters. The number of carbonyl (C=O) groups excluding carboxylic acids is 1. The summed E-state index contributed by atoms with van der Waals surface area (Å²) >= 11 is 0. The van der Waals surface area contributed by atoms with Gasteiger partial charge >= 0.3 is 6.41 Å². The van der Waals surface area contributed by atoms with E-state index in [1.165, 1.54) is 0 Å². The highest BCUT2D eigenvalue weighted by Gasteiger charge is 1.99. The average molecular weight is 142 g/mol. The minimum Gasteiger partial charge on any atom is -0.335 e. The second-order valence-corrected chi connectivity index (χ2v) is 2.85. The molecule has 0 aromatic rings. The summed E-state index contributed by atoms with van der Waals surface area (Å²) in [5.74, 6) is 0.669. The Labute approximate surface area is 63.2 Å². The van der Waals surface area contributed by atoms with Crippen molar-refractivity contribution < 1.29 is 4.79 Å². The first-order valence-corrected chi connectivity index (χ1v) is 3.83. The van der Waals surface area contributed by atoms with Gasteiger partial charge in [0.1, 0.15) is 0 Å². The Hall–Kier alpha value is -0.530. The molecule has 0 saturated heterocycles. The van der Waals surface area contributed by atoms with Gasteiger partial charge in [-0.25, -0.2) is 0 Å². The molecule has 2 heteroatoms. The Kier molecular flexibility index (Phi) is 4.99. The highest BCUT2D eigenvalue weighted by atomic mass is 16.1. The fourth-order valence-corrected chi connectivity index (χ4v) is 0.682. The maximum Gasteiger partial charge on any atom is 0.312 e. The highest BCUT2D eigenvalue weighted by Crippen LogP contribution is 1.99. The van der Waals surface area contributed by atoms with E-state index in [0.717, 1.165) is 19.5 Å². The summed E-state index contributed by atoms with van der Waals surface area (Å²) in [4.78, 5) is 11.8. The highest BCUT2D eigenvalue weighted by molar-refractivity contribution is 5.47. The van der Waals surface area contributed by atoms with Gasteiger partial charge in [-0.2, -0.15) is 0 Å². The lowest BCUT2D eigenvalue weighted by atomic mass is 10.1. The van der Waals surface area contributed by atoms with E-state index >= 15 is 0 Å². The summed E-state index contributed by atoms with van der Waals surface area (Å²) in [6, 6.07) is 0. The molecule has 0 aliphatic carbocycles. The number of nitrogens with zero attached hydrogens (tertiary/aromatic N) is 1. The molecule has 0 bridgehead atoms. The summed E-state index contributed by atoms with van der Waals surface area (Å²) in [7, 11) is 0. The molecular weight excluding hydrogens is 126 g/mol. The van der Waals surface area contributed by atoms with Gasteiger partial charge in [0, 0.05) is 13.1 Å². The predicted molar refractivity (Wildman–Crippen MR) is 42.4 cm³/mol. The van der Waals surface area contributed by atoms with E-state index in [9.17, 15) is 4.79 Å². The van der Waals surface area contributed by atoms with Crippen molar-refractivity contribution in [2.45, 2.75) is 27.2 Å². The van der Waals surface area contributed by atoms with Gasteiger partial charge in [0.15, 0.2) is 0 Å². The fourth-order valence-electron chi connectivity index (χ4n) is 0.682. The van der Waals surface area contributed by atoms with Crippen LogP contribution in [0.1, 0.15) is 27.2 Å². The van der Waals surface area contributed by atoms with Crippen molar-refractivity contribution >= 4 is 6.41 Å². The Bertz CT molecular complexity index is 91.3. The lowest BCUT2D eigenvalue weighted by Gasteiger charge is -2.14. The summed E-state index contributed by atoms with van der Waals surface area (Å²) in [5.41, 5.74) is 0. The second-order valence-electron chi connectivity index (χ2n) is 2.85. The van der Waals surface area contributed by atoms with E-state index in [4.69, 9.17) is 0 Å². The van der Waals surface area contributed by atoms with Crippen LogP contribution in [0.3, 0.4) is 0 Å². The zero-order chi connectivity index (χ0) is 7.98. The molecule has 1 amide bonds. The van der Waals surface area contributed by atoms with Gasteiger partial charge in [0.2, 0.25) is 0 Å². The van der Waals surface area contributed by atoms with Crippen LogP contribution in [0.2, 0.25) is 0 Å². The van der Waals surface area contributed by atoms with Crippen LogP contribution >= 0.6 is 0 Å². The van der Waals surface area contributed by atoms with Gasteiger partial charge in [-0.1, -0.05) is 13.8 Å². The van der Waals surface area contributed by atoms with Gasteiger partial charge in [-0.15, -0.1) is 0 Å². The van der Waals surface area contributed by atoms with Crippen molar-refractivity contribution in [2.24, 2.45) is 5.92 Å².